The molecule has 0 aliphatic heterocycles. The summed E-state index contributed by atoms with van der Waals surface area (Å²) in [4.78, 5) is 29.9. The first-order valence-corrected chi connectivity index (χ1v) is 12.5. The van der Waals surface area contributed by atoms with Crippen LogP contribution in [-0.2, 0) is 9.73 Å². The van der Waals surface area contributed by atoms with Gasteiger partial charge >= 0.3 is 0 Å². The molecule has 1 aromatic heterocycles. The van der Waals surface area contributed by atoms with Crippen LogP contribution in [0.4, 0.5) is 5.69 Å². The van der Waals surface area contributed by atoms with Gasteiger partial charge in [-0.3, -0.25) is 14.6 Å². The average Bonchev–Trinajstić information content (AvgIpc) is 2.85. The Morgan fingerprint density at radius 2 is 1.53 bits per heavy atom. The number of benzene rings is 3. The minimum atomic E-state index is -2.87. The molecule has 1 atom stereocenters. The summed E-state index contributed by atoms with van der Waals surface area (Å²) in [5.74, 6) is -0.767. The van der Waals surface area contributed by atoms with Gasteiger partial charge in [-0.05, 0) is 54.4 Å². The molecule has 34 heavy (non-hydrogen) atoms. The number of pyridine rings is 1. The van der Waals surface area contributed by atoms with Crippen molar-refractivity contribution in [3.05, 3.63) is 114 Å². The molecule has 0 aliphatic carbocycles. The number of aromatic nitrogens is 1. The second-order valence-electron chi connectivity index (χ2n) is 7.82. The van der Waals surface area contributed by atoms with E-state index in [2.05, 4.69) is 14.7 Å². The van der Waals surface area contributed by atoms with Crippen molar-refractivity contribution < 1.29 is 13.8 Å². The third kappa shape index (κ3) is 5.27. The van der Waals surface area contributed by atoms with Gasteiger partial charge in [0.15, 0.2) is 0 Å². The summed E-state index contributed by atoms with van der Waals surface area (Å²) in [5, 5.41) is 2.89. The zero-order valence-corrected chi connectivity index (χ0v) is 19.6. The van der Waals surface area contributed by atoms with Gasteiger partial charge in [-0.2, -0.15) is 4.36 Å². The number of carbonyl (C=O) groups is 2. The van der Waals surface area contributed by atoms with E-state index in [1.54, 1.807) is 54.7 Å². The molecule has 4 aromatic rings. The van der Waals surface area contributed by atoms with Crippen LogP contribution in [0.3, 0.4) is 0 Å². The summed E-state index contributed by atoms with van der Waals surface area (Å²) in [5.41, 5.74) is 3.95. The zero-order chi connectivity index (χ0) is 24.1. The van der Waals surface area contributed by atoms with E-state index in [4.69, 9.17) is 0 Å². The van der Waals surface area contributed by atoms with E-state index in [9.17, 15) is 13.8 Å². The summed E-state index contributed by atoms with van der Waals surface area (Å²) in [6.45, 7) is 1.89. The Kier molecular flexibility index (Phi) is 6.65. The number of carbonyl (C=O) groups excluding carboxylic acids is 2. The number of hydrogen-bond donors (Lipinski definition) is 1. The highest BCUT2D eigenvalue weighted by Crippen LogP contribution is 2.23. The van der Waals surface area contributed by atoms with Crippen molar-refractivity contribution in [1.29, 1.82) is 0 Å². The Hall–Kier alpha value is -4.10. The molecule has 0 aliphatic rings. The highest BCUT2D eigenvalue weighted by molar-refractivity contribution is 7.93. The maximum atomic E-state index is 12.9. The van der Waals surface area contributed by atoms with Crippen LogP contribution in [0, 0.1) is 6.92 Å². The number of hydrogen-bond acceptors (Lipinski definition) is 4. The molecule has 1 heterocycles. The van der Waals surface area contributed by atoms with Crippen molar-refractivity contribution in [2.75, 3.05) is 11.6 Å². The summed E-state index contributed by atoms with van der Waals surface area (Å²) < 4.78 is 16.9. The Morgan fingerprint density at radius 3 is 2.24 bits per heavy atom. The fraction of sp³-hybridized carbons (Fsp3) is 0.0741. The fourth-order valence-corrected chi connectivity index (χ4v) is 4.61. The van der Waals surface area contributed by atoms with Crippen molar-refractivity contribution in [3.63, 3.8) is 0 Å². The predicted octanol–water partition coefficient (Wildman–Crippen LogP) is 5.61. The van der Waals surface area contributed by atoms with E-state index >= 15 is 0 Å². The van der Waals surface area contributed by atoms with Gasteiger partial charge in [-0.25, -0.2) is 4.21 Å². The summed E-state index contributed by atoms with van der Waals surface area (Å²) in [6, 6.07) is 25.0. The van der Waals surface area contributed by atoms with E-state index < -0.39 is 15.6 Å². The number of rotatable bonds is 5. The van der Waals surface area contributed by atoms with Gasteiger partial charge in [0.2, 0.25) is 0 Å². The van der Waals surface area contributed by atoms with Crippen LogP contribution in [0.15, 0.2) is 107 Å². The van der Waals surface area contributed by atoms with Crippen molar-refractivity contribution in [1.82, 2.24) is 4.98 Å². The molecule has 3 aromatic carbocycles. The SMILES string of the molecule is Cc1ccccc1C(=O)Nc1ccc(-c2cncc(C(=O)N=[S@@](C)(=O)c3ccccc3)c2)cc1. The lowest BCUT2D eigenvalue weighted by molar-refractivity contribution is 0.100. The Bertz CT molecular complexity index is 1470. The van der Waals surface area contributed by atoms with Gasteiger partial charge in [-0.15, -0.1) is 0 Å². The van der Waals surface area contributed by atoms with Gasteiger partial charge < -0.3 is 5.32 Å². The molecule has 170 valence electrons. The first-order chi connectivity index (χ1) is 16.3. The lowest BCUT2D eigenvalue weighted by Gasteiger charge is -2.09. The molecular weight excluding hydrogens is 446 g/mol. The topological polar surface area (TPSA) is 88.5 Å². The first-order valence-electron chi connectivity index (χ1n) is 10.6. The molecule has 0 unspecified atom stereocenters. The monoisotopic (exact) mass is 469 g/mol. The van der Waals surface area contributed by atoms with Gasteiger partial charge in [0.25, 0.3) is 11.8 Å². The lowest BCUT2D eigenvalue weighted by atomic mass is 10.1. The van der Waals surface area contributed by atoms with Crippen LogP contribution >= 0.6 is 0 Å². The molecule has 0 radical (unpaired) electrons. The lowest BCUT2D eigenvalue weighted by Crippen LogP contribution is -2.13. The minimum absolute atomic E-state index is 0.177. The van der Waals surface area contributed by atoms with Crippen LogP contribution in [0.1, 0.15) is 26.3 Å². The van der Waals surface area contributed by atoms with Gasteiger partial charge in [0.05, 0.1) is 15.3 Å². The molecule has 4 rings (SSSR count). The van der Waals surface area contributed by atoms with E-state index in [0.717, 1.165) is 11.1 Å². The Balaban J connectivity index is 1.53. The normalized spacial score (nSPS) is 12.4. The highest BCUT2D eigenvalue weighted by Gasteiger charge is 2.13. The summed E-state index contributed by atoms with van der Waals surface area (Å²) in [6.07, 6.45) is 4.49. The third-order valence-electron chi connectivity index (χ3n) is 5.29. The van der Waals surface area contributed by atoms with E-state index in [-0.39, 0.29) is 11.5 Å². The Morgan fingerprint density at radius 1 is 0.853 bits per heavy atom. The molecule has 0 saturated carbocycles. The van der Waals surface area contributed by atoms with Crippen LogP contribution < -0.4 is 5.32 Å². The molecule has 2 amide bonds. The standard InChI is InChI=1S/C27H23N3O3S/c1-19-8-6-7-11-25(19)27(32)29-23-14-12-20(13-15-23)21-16-22(18-28-17-21)26(31)30-34(2,33)24-9-4-3-5-10-24/h3-18H,1-2H3,(H,29,32)/t34-/m0/s1. The van der Waals surface area contributed by atoms with Crippen LogP contribution in [0.2, 0.25) is 0 Å². The van der Waals surface area contributed by atoms with Crippen molar-refractivity contribution in [2.45, 2.75) is 11.8 Å². The molecule has 0 bridgehead atoms. The highest BCUT2D eigenvalue weighted by atomic mass is 32.2. The number of anilines is 1. The predicted molar refractivity (Wildman–Crippen MR) is 134 cm³/mol. The second kappa shape index (κ2) is 9.80. The third-order valence-corrected chi connectivity index (χ3v) is 6.95. The van der Waals surface area contributed by atoms with Crippen LogP contribution in [0.5, 0.6) is 0 Å². The average molecular weight is 470 g/mol. The Labute approximate surface area is 198 Å². The largest absolute Gasteiger partial charge is 0.322 e. The summed E-state index contributed by atoms with van der Waals surface area (Å²) >= 11 is 0. The van der Waals surface area contributed by atoms with Crippen molar-refractivity contribution in [3.8, 4) is 11.1 Å². The number of nitrogens with zero attached hydrogens (tertiary/aromatic N) is 2. The smallest absolute Gasteiger partial charge is 0.286 e. The number of amides is 2. The van der Waals surface area contributed by atoms with Gasteiger partial charge in [0.1, 0.15) is 0 Å². The summed E-state index contributed by atoms with van der Waals surface area (Å²) in [7, 11) is -2.87. The van der Waals surface area contributed by atoms with Gasteiger partial charge in [-0.1, -0.05) is 48.5 Å². The maximum absolute atomic E-state index is 12.9. The zero-order valence-electron chi connectivity index (χ0n) is 18.8. The quantitative estimate of drug-likeness (QED) is 0.412. The molecule has 6 nitrogen and oxygen atoms in total. The van der Waals surface area contributed by atoms with E-state index in [1.165, 1.54) is 12.5 Å². The fourth-order valence-electron chi connectivity index (χ4n) is 3.42. The van der Waals surface area contributed by atoms with E-state index in [0.29, 0.717) is 21.7 Å². The van der Waals surface area contributed by atoms with Crippen LogP contribution in [0.25, 0.3) is 11.1 Å². The number of aryl methyl sites for hydroxylation is 1. The van der Waals surface area contributed by atoms with E-state index in [1.807, 2.05) is 43.3 Å². The molecule has 0 saturated heterocycles. The molecule has 1 N–H and O–H groups in total. The molecule has 0 spiro atoms. The molecule has 7 heteroatoms. The minimum Gasteiger partial charge on any atom is -0.322 e. The van der Waals surface area contributed by atoms with Crippen LogP contribution in [-0.4, -0.2) is 27.3 Å². The second-order valence-corrected chi connectivity index (χ2v) is 10.1. The molecule has 0 fully saturated rings. The van der Waals surface area contributed by atoms with Gasteiger partial charge in [0, 0.05) is 40.4 Å². The molecular formula is C27H23N3O3S. The maximum Gasteiger partial charge on any atom is 0.286 e. The van der Waals surface area contributed by atoms with Crippen molar-refractivity contribution >= 4 is 27.2 Å². The first kappa shape index (κ1) is 23.1. The number of nitrogens with one attached hydrogen (secondary N) is 1. The van der Waals surface area contributed by atoms with Crippen molar-refractivity contribution in [2.24, 2.45) is 4.36 Å².